The summed E-state index contributed by atoms with van der Waals surface area (Å²) in [7, 11) is 0. The fourth-order valence-corrected chi connectivity index (χ4v) is 2.04. The van der Waals surface area contributed by atoms with E-state index in [9.17, 15) is 4.79 Å². The van der Waals surface area contributed by atoms with Gasteiger partial charge in [-0.25, -0.2) is 4.79 Å². The number of carbonyl (C=O) groups excluding carboxylic acids is 1. The van der Waals surface area contributed by atoms with E-state index in [-0.39, 0.29) is 6.10 Å². The van der Waals surface area contributed by atoms with Crippen LogP contribution in [0.15, 0.2) is 29.4 Å². The Morgan fingerprint density at radius 2 is 2.05 bits per heavy atom. The summed E-state index contributed by atoms with van der Waals surface area (Å²) >= 11 is 1.57. The van der Waals surface area contributed by atoms with Crippen molar-refractivity contribution in [3.63, 3.8) is 0 Å². The first-order chi connectivity index (χ1) is 9.06. The molecular weight excluding hydrogens is 262 g/mol. The maximum absolute atomic E-state index is 11.4. The number of carbonyl (C=O) groups is 1. The van der Waals surface area contributed by atoms with Crippen LogP contribution in [0.25, 0.3) is 0 Å². The molecule has 0 aliphatic heterocycles. The van der Waals surface area contributed by atoms with Gasteiger partial charge in [0.2, 0.25) is 0 Å². The number of thioether (sulfide) groups is 1. The van der Waals surface area contributed by atoms with E-state index in [4.69, 9.17) is 10.6 Å². The van der Waals surface area contributed by atoms with Gasteiger partial charge in [-0.2, -0.15) is 5.10 Å². The summed E-state index contributed by atoms with van der Waals surface area (Å²) in [6, 6.07) is 7.30. The smallest absolute Gasteiger partial charge is 0.411 e. The van der Waals surface area contributed by atoms with E-state index < -0.39 is 6.09 Å². The second-order valence-corrected chi connectivity index (χ2v) is 5.28. The van der Waals surface area contributed by atoms with Gasteiger partial charge in [-0.3, -0.25) is 5.32 Å². The van der Waals surface area contributed by atoms with Crippen LogP contribution in [0, 0.1) is 0 Å². The third-order valence-corrected chi connectivity index (χ3v) is 3.02. The Hall–Kier alpha value is -1.69. The number of nitrogens with zero attached hydrogens (tertiary/aromatic N) is 1. The van der Waals surface area contributed by atoms with E-state index >= 15 is 0 Å². The van der Waals surface area contributed by atoms with E-state index in [2.05, 4.69) is 10.4 Å². The van der Waals surface area contributed by atoms with Crippen LogP contribution in [0.1, 0.15) is 26.3 Å². The van der Waals surface area contributed by atoms with Crippen molar-refractivity contribution < 1.29 is 9.53 Å². The second-order valence-electron chi connectivity index (χ2n) is 4.02. The third-order valence-electron chi connectivity index (χ3n) is 2.12. The van der Waals surface area contributed by atoms with E-state index in [1.807, 2.05) is 19.1 Å². The lowest BCUT2D eigenvalue weighted by Crippen LogP contribution is -2.17. The molecule has 0 aromatic heterocycles. The molecule has 1 aromatic rings. The number of nitrogens with two attached hydrogens (primary N) is 1. The van der Waals surface area contributed by atoms with Crippen LogP contribution >= 0.6 is 11.8 Å². The van der Waals surface area contributed by atoms with Crippen molar-refractivity contribution >= 4 is 28.6 Å². The van der Waals surface area contributed by atoms with Gasteiger partial charge in [0, 0.05) is 11.3 Å². The fourth-order valence-electron chi connectivity index (χ4n) is 1.39. The Balaban J connectivity index is 2.68. The first-order valence-corrected chi connectivity index (χ1v) is 7.04. The highest BCUT2D eigenvalue weighted by Crippen LogP contribution is 2.16. The summed E-state index contributed by atoms with van der Waals surface area (Å²) in [4.78, 5) is 11.4. The number of anilines is 1. The lowest BCUT2D eigenvalue weighted by Gasteiger charge is -2.10. The molecule has 0 unspecified atom stereocenters. The normalized spacial score (nSPS) is 11.5. The summed E-state index contributed by atoms with van der Waals surface area (Å²) in [5, 5.41) is 7.17. The van der Waals surface area contributed by atoms with E-state index in [0.717, 1.165) is 16.4 Å². The fraction of sp³-hybridized carbons (Fsp3) is 0.385. The van der Waals surface area contributed by atoms with Crippen LogP contribution < -0.4 is 11.2 Å². The molecule has 0 saturated carbocycles. The van der Waals surface area contributed by atoms with Gasteiger partial charge in [-0.15, -0.1) is 11.8 Å². The predicted molar refractivity (Wildman–Crippen MR) is 80.5 cm³/mol. The Kier molecular flexibility index (Phi) is 6.21. The summed E-state index contributed by atoms with van der Waals surface area (Å²) in [5.41, 5.74) is 1.60. The van der Waals surface area contributed by atoms with Gasteiger partial charge in [0.05, 0.1) is 6.10 Å². The minimum Gasteiger partial charge on any atom is -0.447 e. The Labute approximate surface area is 117 Å². The Morgan fingerprint density at radius 3 is 2.53 bits per heavy atom. The van der Waals surface area contributed by atoms with Gasteiger partial charge < -0.3 is 10.6 Å². The first-order valence-electron chi connectivity index (χ1n) is 6.05. The molecule has 0 aliphatic rings. The van der Waals surface area contributed by atoms with Crippen molar-refractivity contribution in [3.05, 3.63) is 29.8 Å². The quantitative estimate of drug-likeness (QED) is 0.385. The van der Waals surface area contributed by atoms with Crippen LogP contribution in [-0.4, -0.2) is 23.0 Å². The third kappa shape index (κ3) is 5.21. The number of nitrogens with one attached hydrogen (secondary N) is 1. The SMILES string of the molecule is CCS/C(=N\N)c1ccc(NC(=O)OC(C)C)cc1. The van der Waals surface area contributed by atoms with Crippen molar-refractivity contribution in [2.24, 2.45) is 10.9 Å². The molecule has 19 heavy (non-hydrogen) atoms. The molecule has 5 nitrogen and oxygen atoms in total. The van der Waals surface area contributed by atoms with Gasteiger partial charge in [0.25, 0.3) is 0 Å². The Morgan fingerprint density at radius 1 is 1.42 bits per heavy atom. The summed E-state index contributed by atoms with van der Waals surface area (Å²) in [5.74, 6) is 6.24. The summed E-state index contributed by atoms with van der Waals surface area (Å²) in [6.07, 6.45) is -0.602. The van der Waals surface area contributed by atoms with E-state index in [1.54, 1.807) is 37.7 Å². The number of rotatable bonds is 4. The van der Waals surface area contributed by atoms with Gasteiger partial charge in [0.1, 0.15) is 5.04 Å². The molecular formula is C13H19N3O2S. The number of hydrazone groups is 1. The molecule has 3 N–H and O–H groups in total. The highest BCUT2D eigenvalue weighted by atomic mass is 32.2. The lowest BCUT2D eigenvalue weighted by atomic mass is 10.2. The highest BCUT2D eigenvalue weighted by molar-refractivity contribution is 8.14. The topological polar surface area (TPSA) is 76.7 Å². The average molecular weight is 281 g/mol. The minimum atomic E-state index is -0.460. The number of ether oxygens (including phenoxy) is 1. The van der Waals surface area contributed by atoms with Crippen molar-refractivity contribution in [2.75, 3.05) is 11.1 Å². The zero-order chi connectivity index (χ0) is 14.3. The molecule has 6 heteroatoms. The van der Waals surface area contributed by atoms with Gasteiger partial charge in [-0.05, 0) is 31.7 Å². The lowest BCUT2D eigenvalue weighted by molar-refractivity contribution is 0.130. The molecule has 1 rings (SSSR count). The second kappa shape index (κ2) is 7.68. The van der Waals surface area contributed by atoms with Crippen LogP contribution in [-0.2, 0) is 4.74 Å². The maximum atomic E-state index is 11.4. The van der Waals surface area contributed by atoms with Crippen LogP contribution in [0.2, 0.25) is 0 Å². The highest BCUT2D eigenvalue weighted by Gasteiger charge is 2.07. The Bertz CT molecular complexity index is 444. The molecule has 0 atom stereocenters. The molecule has 0 heterocycles. The standard InChI is InChI=1S/C13H19N3O2S/c1-4-19-12(16-14)10-5-7-11(8-6-10)15-13(17)18-9(2)3/h5-9H,4,14H2,1-3H3,(H,15,17)/b16-12-. The van der Waals surface area contributed by atoms with Crippen molar-refractivity contribution in [3.8, 4) is 0 Å². The molecule has 0 spiro atoms. The monoisotopic (exact) mass is 281 g/mol. The van der Waals surface area contributed by atoms with Gasteiger partial charge >= 0.3 is 6.09 Å². The predicted octanol–water partition coefficient (Wildman–Crippen LogP) is 3.02. The van der Waals surface area contributed by atoms with Gasteiger partial charge in [0.15, 0.2) is 0 Å². The molecule has 0 bridgehead atoms. The summed E-state index contributed by atoms with van der Waals surface area (Å²) < 4.78 is 4.99. The maximum Gasteiger partial charge on any atom is 0.411 e. The number of amides is 1. The molecule has 0 saturated heterocycles. The molecule has 0 fully saturated rings. The molecule has 1 amide bonds. The van der Waals surface area contributed by atoms with Crippen LogP contribution in [0.5, 0.6) is 0 Å². The number of hydrogen-bond acceptors (Lipinski definition) is 5. The largest absolute Gasteiger partial charge is 0.447 e. The molecule has 0 radical (unpaired) electrons. The zero-order valence-electron chi connectivity index (χ0n) is 11.3. The summed E-state index contributed by atoms with van der Waals surface area (Å²) in [6.45, 7) is 5.64. The van der Waals surface area contributed by atoms with E-state index in [0.29, 0.717) is 5.69 Å². The van der Waals surface area contributed by atoms with E-state index in [1.165, 1.54) is 0 Å². The number of benzene rings is 1. The number of hydrogen-bond donors (Lipinski definition) is 2. The zero-order valence-corrected chi connectivity index (χ0v) is 12.2. The van der Waals surface area contributed by atoms with Crippen LogP contribution in [0.4, 0.5) is 10.5 Å². The average Bonchev–Trinajstić information content (AvgIpc) is 2.36. The van der Waals surface area contributed by atoms with Crippen molar-refractivity contribution in [1.82, 2.24) is 0 Å². The van der Waals surface area contributed by atoms with Gasteiger partial charge in [-0.1, -0.05) is 19.1 Å². The van der Waals surface area contributed by atoms with Crippen LogP contribution in [0.3, 0.4) is 0 Å². The first kappa shape index (κ1) is 15.4. The molecule has 0 aliphatic carbocycles. The van der Waals surface area contributed by atoms with Crippen molar-refractivity contribution in [1.29, 1.82) is 0 Å². The van der Waals surface area contributed by atoms with Crippen molar-refractivity contribution in [2.45, 2.75) is 26.9 Å². The molecule has 1 aromatic carbocycles. The minimum absolute atomic E-state index is 0.142. The molecule has 104 valence electrons.